The monoisotopic (exact) mass is 466 g/mol. The molecule has 34 heavy (non-hydrogen) atoms. The molecule has 7 nitrogen and oxygen atoms in total. The van der Waals surface area contributed by atoms with E-state index >= 15 is 0 Å². The number of aliphatic hydroxyl groups excluding tert-OH is 1. The first-order chi connectivity index (χ1) is 16.3. The summed E-state index contributed by atoms with van der Waals surface area (Å²) in [4.78, 5) is 29.8. The van der Waals surface area contributed by atoms with Crippen molar-refractivity contribution in [3.05, 3.63) is 64.7 Å². The molecule has 1 aliphatic rings. The quantitative estimate of drug-likeness (QED) is 0.322. The molecule has 0 radical (unpaired) electrons. The number of hydrogen-bond donors (Lipinski definition) is 1. The molecule has 0 saturated carbocycles. The normalized spacial score (nSPS) is 17.5. The highest BCUT2D eigenvalue weighted by Gasteiger charge is 2.45. The van der Waals surface area contributed by atoms with Gasteiger partial charge in [-0.1, -0.05) is 19.1 Å². The van der Waals surface area contributed by atoms with Crippen LogP contribution in [0.2, 0.25) is 0 Å². The van der Waals surface area contributed by atoms with Crippen LogP contribution in [0.3, 0.4) is 0 Å². The van der Waals surface area contributed by atoms with Crippen LogP contribution in [-0.4, -0.2) is 67.5 Å². The number of ether oxygens (including phenoxy) is 2. The molecule has 1 unspecified atom stereocenters. The van der Waals surface area contributed by atoms with Crippen LogP contribution >= 0.6 is 0 Å². The second-order valence-corrected chi connectivity index (χ2v) is 8.75. The Morgan fingerprint density at radius 2 is 1.82 bits per heavy atom. The predicted octanol–water partition coefficient (Wildman–Crippen LogP) is 4.17. The van der Waals surface area contributed by atoms with Crippen molar-refractivity contribution in [3.8, 4) is 11.5 Å². The lowest BCUT2D eigenvalue weighted by molar-refractivity contribution is -0.139. The van der Waals surface area contributed by atoms with Crippen molar-refractivity contribution in [2.24, 2.45) is 0 Å². The molecule has 0 aromatic heterocycles. The number of Topliss-reactive ketones (excluding diaryl/α,β-unsaturated/α-hetero) is 1. The van der Waals surface area contributed by atoms with Gasteiger partial charge in [0.2, 0.25) is 0 Å². The highest BCUT2D eigenvalue weighted by Crippen LogP contribution is 2.40. The molecule has 3 rings (SSSR count). The minimum absolute atomic E-state index is 0.0987. The Morgan fingerprint density at radius 1 is 1.12 bits per heavy atom. The molecular formula is C27H34N2O5. The lowest BCUT2D eigenvalue weighted by Crippen LogP contribution is -2.32. The number of ketones is 1. The van der Waals surface area contributed by atoms with Crippen LogP contribution in [-0.2, 0) is 9.59 Å². The molecule has 2 aromatic carbocycles. The maximum atomic E-state index is 13.2. The van der Waals surface area contributed by atoms with Crippen LogP contribution < -0.4 is 9.47 Å². The Bertz CT molecular complexity index is 1060. The molecule has 1 amide bonds. The number of aliphatic hydroxyl groups is 1. The van der Waals surface area contributed by atoms with Gasteiger partial charge in [0.15, 0.2) is 0 Å². The van der Waals surface area contributed by atoms with Gasteiger partial charge < -0.3 is 24.4 Å². The number of hydrogen-bond acceptors (Lipinski definition) is 6. The molecule has 1 saturated heterocycles. The van der Waals surface area contributed by atoms with Crippen LogP contribution in [0.4, 0.5) is 0 Å². The first-order valence-corrected chi connectivity index (χ1v) is 11.6. The third kappa shape index (κ3) is 5.42. The number of amides is 1. The first kappa shape index (κ1) is 25.3. The van der Waals surface area contributed by atoms with Gasteiger partial charge in [-0.2, -0.15) is 0 Å². The summed E-state index contributed by atoms with van der Waals surface area (Å²) in [7, 11) is 5.51. The predicted molar refractivity (Wildman–Crippen MR) is 132 cm³/mol. The van der Waals surface area contributed by atoms with Gasteiger partial charge in [-0.15, -0.1) is 0 Å². The van der Waals surface area contributed by atoms with E-state index in [1.54, 1.807) is 42.3 Å². The SMILES string of the molecule is CCCOc1ccc(/C(O)=C2/C(=O)C(=O)N(CCCN(C)C)C2c2ccc(OC)cc2)cc1C. The van der Waals surface area contributed by atoms with E-state index in [-0.39, 0.29) is 11.3 Å². The van der Waals surface area contributed by atoms with Gasteiger partial charge in [-0.25, -0.2) is 0 Å². The maximum Gasteiger partial charge on any atom is 0.295 e. The zero-order valence-electron chi connectivity index (χ0n) is 20.6. The fraction of sp³-hybridized carbons (Fsp3) is 0.407. The molecule has 1 aliphatic heterocycles. The van der Waals surface area contributed by atoms with E-state index in [1.807, 2.05) is 45.0 Å². The van der Waals surface area contributed by atoms with Crippen molar-refractivity contribution in [2.75, 3.05) is 40.9 Å². The van der Waals surface area contributed by atoms with Crippen LogP contribution in [0.25, 0.3) is 5.76 Å². The first-order valence-electron chi connectivity index (χ1n) is 11.6. The van der Waals surface area contributed by atoms with Gasteiger partial charge in [0.1, 0.15) is 17.3 Å². The second-order valence-electron chi connectivity index (χ2n) is 8.75. The van der Waals surface area contributed by atoms with Crippen molar-refractivity contribution in [1.82, 2.24) is 9.80 Å². The van der Waals surface area contributed by atoms with Crippen LogP contribution in [0.5, 0.6) is 11.5 Å². The molecule has 1 atom stereocenters. The number of methoxy groups -OCH3 is 1. The molecule has 182 valence electrons. The zero-order chi connectivity index (χ0) is 24.8. The van der Waals surface area contributed by atoms with Crippen molar-refractivity contribution < 1.29 is 24.2 Å². The molecule has 0 spiro atoms. The van der Waals surface area contributed by atoms with Crippen LogP contribution in [0.1, 0.15) is 42.5 Å². The average Bonchev–Trinajstić information content (AvgIpc) is 3.07. The van der Waals surface area contributed by atoms with Crippen molar-refractivity contribution >= 4 is 17.4 Å². The molecule has 1 heterocycles. The minimum atomic E-state index is -0.676. The summed E-state index contributed by atoms with van der Waals surface area (Å²) < 4.78 is 11.0. The number of likely N-dealkylation sites (tertiary alicyclic amines) is 1. The Balaban J connectivity index is 2.05. The number of rotatable bonds is 10. The summed E-state index contributed by atoms with van der Waals surface area (Å²) in [5, 5.41) is 11.3. The fourth-order valence-corrected chi connectivity index (χ4v) is 4.13. The highest BCUT2D eigenvalue weighted by molar-refractivity contribution is 6.46. The molecule has 1 N–H and O–H groups in total. The average molecular weight is 467 g/mol. The fourth-order valence-electron chi connectivity index (χ4n) is 4.13. The number of carbonyl (C=O) groups is 2. The van der Waals surface area contributed by atoms with Gasteiger partial charge in [-0.05, 0) is 81.9 Å². The molecule has 7 heteroatoms. The van der Waals surface area contributed by atoms with E-state index in [1.165, 1.54) is 0 Å². The maximum absolute atomic E-state index is 13.2. The van der Waals surface area contributed by atoms with E-state index in [4.69, 9.17) is 9.47 Å². The molecule has 2 aromatic rings. The van der Waals surface area contributed by atoms with E-state index in [0.717, 1.165) is 29.8 Å². The molecule has 0 bridgehead atoms. The standard InChI is InChI=1S/C27H34N2O5/c1-6-16-34-22-13-10-20(17-18(22)2)25(30)23-24(19-8-11-21(33-5)12-9-19)29(27(32)26(23)31)15-7-14-28(3)4/h8-13,17,24,30H,6-7,14-16H2,1-5H3/b25-23-. The third-order valence-corrected chi connectivity index (χ3v) is 5.89. The zero-order valence-corrected chi connectivity index (χ0v) is 20.6. The Kier molecular flexibility index (Phi) is 8.34. The Hall–Kier alpha value is -3.32. The summed E-state index contributed by atoms with van der Waals surface area (Å²) in [5.74, 6) is -0.0480. The lowest BCUT2D eigenvalue weighted by atomic mass is 9.94. The van der Waals surface area contributed by atoms with E-state index in [2.05, 4.69) is 0 Å². The number of aryl methyl sites for hydroxylation is 1. The summed E-state index contributed by atoms with van der Waals surface area (Å²) in [6, 6.07) is 11.9. The molecular weight excluding hydrogens is 432 g/mol. The topological polar surface area (TPSA) is 79.3 Å². The van der Waals surface area contributed by atoms with E-state index in [9.17, 15) is 14.7 Å². The van der Waals surface area contributed by atoms with Crippen molar-refractivity contribution in [2.45, 2.75) is 32.7 Å². The summed E-state index contributed by atoms with van der Waals surface area (Å²) >= 11 is 0. The van der Waals surface area contributed by atoms with Crippen molar-refractivity contribution in [3.63, 3.8) is 0 Å². The van der Waals surface area contributed by atoms with Gasteiger partial charge in [-0.3, -0.25) is 9.59 Å². The van der Waals surface area contributed by atoms with Crippen molar-refractivity contribution in [1.29, 1.82) is 0 Å². The number of benzene rings is 2. The van der Waals surface area contributed by atoms with Gasteiger partial charge >= 0.3 is 0 Å². The van der Waals surface area contributed by atoms with E-state index < -0.39 is 17.7 Å². The van der Waals surface area contributed by atoms with Crippen LogP contribution in [0, 0.1) is 6.92 Å². The van der Waals surface area contributed by atoms with Gasteiger partial charge in [0.25, 0.3) is 11.7 Å². The molecule has 1 fully saturated rings. The minimum Gasteiger partial charge on any atom is -0.507 e. The van der Waals surface area contributed by atoms with E-state index in [0.29, 0.717) is 30.9 Å². The summed E-state index contributed by atoms with van der Waals surface area (Å²) in [6.45, 7) is 5.70. The summed E-state index contributed by atoms with van der Waals surface area (Å²) in [6.07, 6.45) is 1.59. The third-order valence-electron chi connectivity index (χ3n) is 5.89. The summed E-state index contributed by atoms with van der Waals surface area (Å²) in [5.41, 5.74) is 2.16. The van der Waals surface area contributed by atoms with Gasteiger partial charge in [0, 0.05) is 12.1 Å². The Labute approximate surface area is 201 Å². The van der Waals surface area contributed by atoms with Crippen LogP contribution in [0.15, 0.2) is 48.0 Å². The smallest absolute Gasteiger partial charge is 0.295 e. The second kappa shape index (κ2) is 11.2. The van der Waals surface area contributed by atoms with Gasteiger partial charge in [0.05, 0.1) is 25.3 Å². The largest absolute Gasteiger partial charge is 0.507 e. The Morgan fingerprint density at radius 3 is 2.41 bits per heavy atom. The molecule has 0 aliphatic carbocycles. The lowest BCUT2D eigenvalue weighted by Gasteiger charge is -2.26. The number of nitrogens with zero attached hydrogens (tertiary/aromatic N) is 2. The number of carbonyl (C=O) groups excluding carboxylic acids is 2. The highest BCUT2D eigenvalue weighted by atomic mass is 16.5.